The summed E-state index contributed by atoms with van der Waals surface area (Å²) in [5.74, 6) is -1.77. The second-order valence-electron chi connectivity index (χ2n) is 8.59. The smallest absolute Gasteiger partial charge is 0.302 e. The van der Waals surface area contributed by atoms with Crippen molar-refractivity contribution < 1.29 is 34.0 Å². The Morgan fingerprint density at radius 3 is 2.49 bits per heavy atom. The summed E-state index contributed by atoms with van der Waals surface area (Å²) in [6.45, 7) is 2.02. The molecule has 4 aromatic rings. The molecule has 1 unspecified atom stereocenters. The lowest BCUT2D eigenvalue weighted by Gasteiger charge is -2.24. The van der Waals surface area contributed by atoms with Gasteiger partial charge in [0.15, 0.2) is 11.5 Å². The third-order valence-corrected chi connectivity index (χ3v) is 6.67. The van der Waals surface area contributed by atoms with Gasteiger partial charge in [-0.25, -0.2) is 4.98 Å². The number of ether oxygens (including phenoxy) is 3. The maximum absolute atomic E-state index is 13.6. The second kappa shape index (κ2) is 10.2. The van der Waals surface area contributed by atoms with Crippen LogP contribution < -0.4 is 19.1 Å². The van der Waals surface area contributed by atoms with Crippen molar-refractivity contribution >= 4 is 46.0 Å². The van der Waals surface area contributed by atoms with Crippen LogP contribution in [0.1, 0.15) is 24.1 Å². The highest BCUT2D eigenvalue weighted by atomic mass is 35.5. The number of benzene rings is 3. The number of carbonyl (C=O) groups excluding carboxylic acids is 2. The van der Waals surface area contributed by atoms with E-state index >= 15 is 0 Å². The van der Waals surface area contributed by atoms with E-state index in [1.54, 1.807) is 25.1 Å². The Kier molecular flexibility index (Phi) is 6.80. The number of anilines is 1. The highest BCUT2D eigenvalue weighted by Gasteiger charge is 2.48. The van der Waals surface area contributed by atoms with Gasteiger partial charge in [-0.1, -0.05) is 29.8 Å². The van der Waals surface area contributed by atoms with Gasteiger partial charge in [0.1, 0.15) is 17.3 Å². The number of hydrogen-bond donors (Lipinski definition) is 3. The molecule has 39 heavy (non-hydrogen) atoms. The molecule has 5 rings (SSSR count). The van der Waals surface area contributed by atoms with Gasteiger partial charge in [0.25, 0.3) is 5.78 Å². The van der Waals surface area contributed by atoms with E-state index in [4.69, 9.17) is 25.8 Å². The Bertz CT molecular complexity index is 1610. The molecule has 0 spiro atoms. The molecule has 3 N–H and O–H groups in total. The monoisotopic (exact) mass is 549 g/mol. The number of aromatic amines is 1. The molecule has 1 saturated heterocycles. The van der Waals surface area contributed by atoms with E-state index < -0.39 is 23.5 Å². The highest BCUT2D eigenvalue weighted by Crippen LogP contribution is 2.45. The van der Waals surface area contributed by atoms with Crippen LogP contribution in [0.4, 0.5) is 5.95 Å². The van der Waals surface area contributed by atoms with Crippen molar-refractivity contribution in [3.05, 3.63) is 76.3 Å². The van der Waals surface area contributed by atoms with Gasteiger partial charge in [0.05, 0.1) is 54.1 Å². The first-order valence-corrected chi connectivity index (χ1v) is 12.3. The number of halogens is 1. The van der Waals surface area contributed by atoms with Gasteiger partial charge < -0.3 is 29.4 Å². The van der Waals surface area contributed by atoms with Crippen LogP contribution in [0.2, 0.25) is 5.02 Å². The van der Waals surface area contributed by atoms with Gasteiger partial charge >= 0.3 is 5.91 Å². The van der Waals surface area contributed by atoms with Crippen molar-refractivity contribution in [3.63, 3.8) is 0 Å². The maximum atomic E-state index is 13.6. The summed E-state index contributed by atoms with van der Waals surface area (Å²) in [7, 11) is 2.82. The fourth-order valence-electron chi connectivity index (χ4n) is 4.58. The molecule has 0 radical (unpaired) electrons. The van der Waals surface area contributed by atoms with Gasteiger partial charge in [0.2, 0.25) is 5.95 Å². The van der Waals surface area contributed by atoms with Crippen molar-refractivity contribution in [2.45, 2.75) is 13.0 Å². The molecule has 2 heterocycles. The Morgan fingerprint density at radius 2 is 1.79 bits per heavy atom. The number of carbonyl (C=O) groups is 2. The van der Waals surface area contributed by atoms with E-state index in [1.165, 1.54) is 49.5 Å². The van der Waals surface area contributed by atoms with Gasteiger partial charge in [-0.15, -0.1) is 0 Å². The number of imidazole rings is 1. The Morgan fingerprint density at radius 1 is 1.05 bits per heavy atom. The molecule has 0 saturated carbocycles. The Labute approximate surface area is 228 Å². The van der Waals surface area contributed by atoms with E-state index in [2.05, 4.69) is 9.97 Å². The molecule has 1 atom stereocenters. The van der Waals surface area contributed by atoms with E-state index in [9.17, 15) is 19.8 Å². The summed E-state index contributed by atoms with van der Waals surface area (Å²) < 4.78 is 16.2. The molecule has 1 aliphatic rings. The molecule has 1 aliphatic heterocycles. The molecule has 3 aromatic carbocycles. The molecule has 1 fully saturated rings. The third-order valence-electron chi connectivity index (χ3n) is 6.38. The van der Waals surface area contributed by atoms with Crippen LogP contribution in [0.5, 0.6) is 23.0 Å². The van der Waals surface area contributed by atoms with Crippen molar-refractivity contribution in [1.82, 2.24) is 9.97 Å². The topological polar surface area (TPSA) is 134 Å². The van der Waals surface area contributed by atoms with Gasteiger partial charge in [-0.2, -0.15) is 0 Å². The number of phenolic OH excluding ortho intramolecular Hbond substituents is 1. The lowest BCUT2D eigenvalue weighted by atomic mass is 9.94. The number of aliphatic hydroxyl groups excluding tert-OH is 1. The van der Waals surface area contributed by atoms with Crippen LogP contribution in [0, 0.1) is 0 Å². The number of aliphatic hydroxyl groups is 1. The van der Waals surface area contributed by atoms with Crippen molar-refractivity contribution in [2.75, 3.05) is 25.7 Å². The molecule has 1 aromatic heterocycles. The summed E-state index contributed by atoms with van der Waals surface area (Å²) in [5.41, 5.74) is 1.47. The predicted molar refractivity (Wildman–Crippen MR) is 145 cm³/mol. The number of H-pyrrole nitrogens is 1. The molecule has 10 nitrogen and oxygen atoms in total. The number of aromatic hydroxyl groups is 1. The van der Waals surface area contributed by atoms with Crippen molar-refractivity contribution in [3.8, 4) is 23.0 Å². The predicted octanol–water partition coefficient (Wildman–Crippen LogP) is 4.96. The van der Waals surface area contributed by atoms with E-state index in [0.717, 1.165) is 0 Å². The molecule has 0 bridgehead atoms. The van der Waals surface area contributed by atoms with Crippen LogP contribution in [-0.4, -0.2) is 52.7 Å². The molecule has 0 aliphatic carbocycles. The molecular formula is C28H24ClN3O7. The zero-order chi connectivity index (χ0) is 27.8. The van der Waals surface area contributed by atoms with Gasteiger partial charge in [0, 0.05) is 6.07 Å². The van der Waals surface area contributed by atoms with Crippen LogP contribution in [0.25, 0.3) is 16.8 Å². The third kappa shape index (κ3) is 4.38. The number of rotatable bonds is 7. The van der Waals surface area contributed by atoms with E-state index in [1.807, 2.05) is 6.07 Å². The first-order chi connectivity index (χ1) is 18.8. The number of methoxy groups -OCH3 is 2. The average molecular weight is 550 g/mol. The second-order valence-corrected chi connectivity index (χ2v) is 9.00. The normalized spacial score (nSPS) is 16.6. The Hall–Kier alpha value is -4.70. The number of ketones is 1. The van der Waals surface area contributed by atoms with Crippen molar-refractivity contribution in [2.24, 2.45) is 0 Å². The maximum Gasteiger partial charge on any atom is 0.302 e. The lowest BCUT2D eigenvalue weighted by Crippen LogP contribution is -2.30. The number of nitrogens with zero attached hydrogens (tertiary/aromatic N) is 2. The molecule has 11 heteroatoms. The molecule has 200 valence electrons. The SMILES string of the molecule is CCOc1cc(C2/C(=C(\O)c3cc(Cl)c(OC)cc3OC)C(=O)C(=O)N2c2nc3ccccc3[nH]2)ccc1O. The Balaban J connectivity index is 1.77. The minimum absolute atomic E-state index is 0.0831. The summed E-state index contributed by atoms with van der Waals surface area (Å²) in [4.78, 5) is 35.9. The van der Waals surface area contributed by atoms with E-state index in [-0.39, 0.29) is 46.0 Å². The summed E-state index contributed by atoms with van der Waals surface area (Å²) in [6.07, 6.45) is 0. The summed E-state index contributed by atoms with van der Waals surface area (Å²) in [5, 5.41) is 22.0. The fourth-order valence-corrected chi connectivity index (χ4v) is 4.82. The number of aromatic nitrogens is 2. The minimum Gasteiger partial charge on any atom is -0.507 e. The minimum atomic E-state index is -1.14. The first-order valence-electron chi connectivity index (χ1n) is 11.9. The van der Waals surface area contributed by atoms with Crippen LogP contribution in [-0.2, 0) is 9.59 Å². The van der Waals surface area contributed by atoms with Gasteiger partial charge in [-0.05, 0) is 42.8 Å². The molecule has 1 amide bonds. The van der Waals surface area contributed by atoms with Gasteiger partial charge in [-0.3, -0.25) is 14.5 Å². The standard InChI is InChI=1S/C28H24ClN3O7/c1-4-39-22-11-14(9-10-19(22)33)24-23(25(34)15-12-16(29)21(38-3)13-20(15)37-2)26(35)27(36)32(24)28-30-17-7-5-6-8-18(17)31-28/h5-13,24,33-34H,4H2,1-3H3,(H,30,31)/b25-23+. The largest absolute Gasteiger partial charge is 0.507 e. The number of Topliss-reactive ketones (excluding diaryl/α,β-unsaturated/α-hetero) is 1. The quantitative estimate of drug-likeness (QED) is 0.167. The fraction of sp³-hybridized carbons (Fsp3) is 0.179. The lowest BCUT2D eigenvalue weighted by molar-refractivity contribution is -0.132. The average Bonchev–Trinajstić information content (AvgIpc) is 3.47. The summed E-state index contributed by atoms with van der Waals surface area (Å²) in [6, 6.07) is 13.3. The zero-order valence-electron chi connectivity index (χ0n) is 21.2. The molecular weight excluding hydrogens is 526 g/mol. The van der Waals surface area contributed by atoms with Crippen LogP contribution >= 0.6 is 11.6 Å². The number of nitrogens with one attached hydrogen (secondary N) is 1. The number of hydrogen-bond acceptors (Lipinski definition) is 8. The number of phenols is 1. The zero-order valence-corrected chi connectivity index (χ0v) is 21.9. The highest BCUT2D eigenvalue weighted by molar-refractivity contribution is 6.51. The van der Waals surface area contributed by atoms with E-state index in [0.29, 0.717) is 22.3 Å². The van der Waals surface area contributed by atoms with Crippen LogP contribution in [0.15, 0.2) is 60.2 Å². The van der Waals surface area contributed by atoms with Crippen LogP contribution in [0.3, 0.4) is 0 Å². The number of para-hydroxylation sites is 2. The summed E-state index contributed by atoms with van der Waals surface area (Å²) >= 11 is 6.33. The number of amides is 1. The first kappa shape index (κ1) is 25.9. The van der Waals surface area contributed by atoms with Crippen molar-refractivity contribution in [1.29, 1.82) is 0 Å². The number of fused-ring (bicyclic) bond motifs is 1.